The van der Waals surface area contributed by atoms with E-state index in [4.69, 9.17) is 4.98 Å². The number of halogens is 1. The summed E-state index contributed by atoms with van der Waals surface area (Å²) in [4.78, 5) is 36.7. The lowest BCUT2D eigenvalue weighted by Gasteiger charge is -2.26. The van der Waals surface area contributed by atoms with E-state index in [0.29, 0.717) is 31.9 Å². The van der Waals surface area contributed by atoms with Crippen LogP contribution in [0.2, 0.25) is 0 Å². The largest absolute Gasteiger partial charge is 0.354 e. The van der Waals surface area contributed by atoms with Gasteiger partial charge in [-0.15, -0.1) is 0 Å². The molecular formula is C28H30FN5O3. The van der Waals surface area contributed by atoms with Crippen molar-refractivity contribution in [3.05, 3.63) is 98.7 Å². The molecule has 1 aliphatic heterocycles. The van der Waals surface area contributed by atoms with E-state index in [-0.39, 0.29) is 17.4 Å². The number of aryl methyl sites for hydroxylation is 2. The first-order valence-electron chi connectivity index (χ1n) is 12.4. The Hall–Kier alpha value is -4.14. The molecule has 0 spiro atoms. The Morgan fingerprint density at radius 2 is 1.89 bits per heavy atom. The number of aromatic nitrogens is 2. The third-order valence-corrected chi connectivity index (χ3v) is 6.42. The molecule has 1 saturated heterocycles. The number of anilines is 1. The molecule has 2 heterocycles. The number of carbonyl (C=O) groups excluding carboxylic acids is 1. The first-order chi connectivity index (χ1) is 17.8. The standard InChI is InChI=1S/C28H30FN5O3/c1-3-26-25(19-22-6-4-7-23(29)18-22)28(31-20(2)30-26)33-15-5-14-32(16-17-33)27(35)13-10-21-8-11-24(12-9-21)34(36)37/h4,6-13,18H,3,5,14-17,19H2,1-2H3/b13-10+. The number of rotatable bonds is 7. The SMILES string of the molecule is CCc1nc(C)nc(N2CCCN(C(=O)/C=C/c3ccc([N+](=O)[O-])cc3)CC2)c1Cc1cccc(F)c1. The molecule has 1 fully saturated rings. The Bertz CT molecular complexity index is 1310. The van der Waals surface area contributed by atoms with Crippen molar-refractivity contribution in [3.63, 3.8) is 0 Å². The van der Waals surface area contributed by atoms with Gasteiger partial charge in [0, 0.05) is 62.1 Å². The molecule has 0 bridgehead atoms. The molecule has 1 amide bonds. The maximum absolute atomic E-state index is 13.9. The van der Waals surface area contributed by atoms with Gasteiger partial charge in [-0.2, -0.15) is 0 Å². The van der Waals surface area contributed by atoms with Crippen molar-refractivity contribution in [1.82, 2.24) is 14.9 Å². The first-order valence-corrected chi connectivity index (χ1v) is 12.4. The smallest absolute Gasteiger partial charge is 0.269 e. The second-order valence-electron chi connectivity index (χ2n) is 9.03. The van der Waals surface area contributed by atoms with Crippen LogP contribution >= 0.6 is 0 Å². The number of amides is 1. The minimum Gasteiger partial charge on any atom is -0.354 e. The molecule has 8 nitrogen and oxygen atoms in total. The average Bonchev–Trinajstić information content (AvgIpc) is 3.14. The lowest BCUT2D eigenvalue weighted by Crippen LogP contribution is -2.35. The molecule has 2 aromatic carbocycles. The third kappa shape index (κ3) is 6.55. The molecule has 0 radical (unpaired) electrons. The molecule has 9 heteroatoms. The van der Waals surface area contributed by atoms with Crippen LogP contribution in [0.4, 0.5) is 15.9 Å². The fourth-order valence-corrected chi connectivity index (χ4v) is 4.55. The summed E-state index contributed by atoms with van der Waals surface area (Å²) >= 11 is 0. The lowest BCUT2D eigenvalue weighted by atomic mass is 10.0. The number of benzene rings is 2. The normalized spacial score (nSPS) is 14.1. The molecule has 0 N–H and O–H groups in total. The molecule has 0 unspecified atom stereocenters. The molecule has 0 saturated carbocycles. The van der Waals surface area contributed by atoms with E-state index in [2.05, 4.69) is 16.8 Å². The van der Waals surface area contributed by atoms with Crippen LogP contribution in [0, 0.1) is 22.9 Å². The highest BCUT2D eigenvalue weighted by Crippen LogP contribution is 2.26. The van der Waals surface area contributed by atoms with Crippen molar-refractivity contribution in [2.24, 2.45) is 0 Å². The maximum atomic E-state index is 13.9. The van der Waals surface area contributed by atoms with E-state index in [1.807, 2.05) is 17.9 Å². The van der Waals surface area contributed by atoms with Crippen LogP contribution in [-0.4, -0.2) is 51.9 Å². The number of nitrogens with zero attached hydrogens (tertiary/aromatic N) is 5. The molecule has 37 heavy (non-hydrogen) atoms. The first kappa shape index (κ1) is 25.9. The van der Waals surface area contributed by atoms with E-state index in [0.717, 1.165) is 47.6 Å². The van der Waals surface area contributed by atoms with E-state index in [9.17, 15) is 19.3 Å². The second-order valence-corrected chi connectivity index (χ2v) is 9.03. The molecule has 0 atom stereocenters. The van der Waals surface area contributed by atoms with Crippen LogP contribution in [0.25, 0.3) is 6.08 Å². The van der Waals surface area contributed by atoms with Gasteiger partial charge in [0.1, 0.15) is 17.5 Å². The number of nitro groups is 1. The Labute approximate surface area is 215 Å². The summed E-state index contributed by atoms with van der Waals surface area (Å²) in [6.07, 6.45) is 5.24. The summed E-state index contributed by atoms with van der Waals surface area (Å²) in [5, 5.41) is 10.8. The van der Waals surface area contributed by atoms with Crippen molar-refractivity contribution in [2.45, 2.75) is 33.1 Å². The summed E-state index contributed by atoms with van der Waals surface area (Å²) in [6.45, 7) is 6.45. The monoisotopic (exact) mass is 503 g/mol. The highest BCUT2D eigenvalue weighted by Gasteiger charge is 2.23. The van der Waals surface area contributed by atoms with Gasteiger partial charge >= 0.3 is 0 Å². The van der Waals surface area contributed by atoms with Crippen LogP contribution < -0.4 is 4.90 Å². The van der Waals surface area contributed by atoms with Crippen molar-refractivity contribution in [1.29, 1.82) is 0 Å². The minimum atomic E-state index is -0.451. The van der Waals surface area contributed by atoms with E-state index < -0.39 is 4.92 Å². The van der Waals surface area contributed by atoms with Gasteiger partial charge in [-0.3, -0.25) is 14.9 Å². The van der Waals surface area contributed by atoms with Gasteiger partial charge in [0.2, 0.25) is 5.91 Å². The quantitative estimate of drug-likeness (QED) is 0.263. The Morgan fingerprint density at radius 3 is 2.59 bits per heavy atom. The van der Waals surface area contributed by atoms with E-state index >= 15 is 0 Å². The second kappa shape index (κ2) is 11.7. The molecule has 0 aliphatic carbocycles. The van der Waals surface area contributed by atoms with Crippen LogP contribution in [0.3, 0.4) is 0 Å². The summed E-state index contributed by atoms with van der Waals surface area (Å²) in [5.74, 6) is 1.17. The number of hydrogen-bond donors (Lipinski definition) is 0. The van der Waals surface area contributed by atoms with Gasteiger partial charge in [0.25, 0.3) is 5.69 Å². The van der Waals surface area contributed by atoms with Crippen molar-refractivity contribution in [3.8, 4) is 0 Å². The topological polar surface area (TPSA) is 92.5 Å². The van der Waals surface area contributed by atoms with E-state index in [1.54, 1.807) is 30.3 Å². The van der Waals surface area contributed by atoms with Gasteiger partial charge in [-0.05, 0) is 61.2 Å². The van der Waals surface area contributed by atoms with Crippen LogP contribution in [-0.2, 0) is 17.6 Å². The number of hydrogen-bond acceptors (Lipinski definition) is 6. The summed E-state index contributed by atoms with van der Waals surface area (Å²) in [7, 11) is 0. The highest BCUT2D eigenvalue weighted by atomic mass is 19.1. The third-order valence-electron chi connectivity index (χ3n) is 6.42. The zero-order valence-corrected chi connectivity index (χ0v) is 21.1. The average molecular weight is 504 g/mol. The lowest BCUT2D eigenvalue weighted by molar-refractivity contribution is -0.384. The van der Waals surface area contributed by atoms with Crippen molar-refractivity contribution in [2.75, 3.05) is 31.1 Å². The van der Waals surface area contributed by atoms with Gasteiger partial charge in [-0.25, -0.2) is 14.4 Å². The van der Waals surface area contributed by atoms with Crippen molar-refractivity contribution >= 4 is 23.5 Å². The predicted molar refractivity (Wildman–Crippen MR) is 141 cm³/mol. The number of nitro benzene ring substituents is 1. The van der Waals surface area contributed by atoms with Crippen LogP contribution in [0.15, 0.2) is 54.6 Å². The fourth-order valence-electron chi connectivity index (χ4n) is 4.55. The highest BCUT2D eigenvalue weighted by molar-refractivity contribution is 5.91. The predicted octanol–water partition coefficient (Wildman–Crippen LogP) is 4.74. The van der Waals surface area contributed by atoms with Crippen molar-refractivity contribution < 1.29 is 14.1 Å². The Balaban J connectivity index is 1.49. The van der Waals surface area contributed by atoms with Gasteiger partial charge in [0.05, 0.1) is 4.92 Å². The molecule has 1 aromatic heterocycles. The van der Waals surface area contributed by atoms with Crippen LogP contribution in [0.1, 0.15) is 41.6 Å². The van der Waals surface area contributed by atoms with Crippen LogP contribution in [0.5, 0.6) is 0 Å². The Kier molecular flexibility index (Phi) is 8.22. The molecule has 4 rings (SSSR count). The van der Waals surface area contributed by atoms with Gasteiger partial charge < -0.3 is 9.80 Å². The summed E-state index contributed by atoms with van der Waals surface area (Å²) in [6, 6.07) is 12.7. The fraction of sp³-hybridized carbons (Fsp3) is 0.321. The summed E-state index contributed by atoms with van der Waals surface area (Å²) < 4.78 is 13.9. The molecule has 1 aliphatic rings. The number of carbonyl (C=O) groups is 1. The maximum Gasteiger partial charge on any atom is 0.269 e. The number of non-ortho nitro benzene ring substituents is 1. The van der Waals surface area contributed by atoms with E-state index in [1.165, 1.54) is 24.3 Å². The molecule has 192 valence electrons. The molecule has 3 aromatic rings. The molecular weight excluding hydrogens is 473 g/mol. The summed E-state index contributed by atoms with van der Waals surface area (Å²) in [5.41, 5.74) is 3.55. The zero-order chi connectivity index (χ0) is 26.4. The van der Waals surface area contributed by atoms with Gasteiger partial charge in [0.15, 0.2) is 0 Å². The van der Waals surface area contributed by atoms with Gasteiger partial charge in [-0.1, -0.05) is 19.1 Å². The minimum absolute atomic E-state index is 0.0130. The zero-order valence-electron chi connectivity index (χ0n) is 21.1. The Morgan fingerprint density at radius 1 is 1.11 bits per heavy atom.